The number of cyclic esters (lactones) is 1. The largest absolute Gasteiger partial charge is 0.448 e. The van der Waals surface area contributed by atoms with E-state index in [0.29, 0.717) is 0 Å². The van der Waals surface area contributed by atoms with Crippen LogP contribution in [-0.4, -0.2) is 30.0 Å². The van der Waals surface area contributed by atoms with E-state index in [0.717, 1.165) is 17.7 Å². The Morgan fingerprint density at radius 2 is 2.07 bits per heavy atom. The van der Waals surface area contributed by atoms with Crippen molar-refractivity contribution in [2.24, 2.45) is 0 Å². The lowest BCUT2D eigenvalue weighted by molar-refractivity contribution is -0.117. The number of carbonyl (C=O) groups is 1. The third-order valence-electron chi connectivity index (χ3n) is 2.28. The smallest absolute Gasteiger partial charge is 0.348 e. The summed E-state index contributed by atoms with van der Waals surface area (Å²) in [4.78, 5) is 10.8. The van der Waals surface area contributed by atoms with Crippen LogP contribution < -0.4 is 5.32 Å². The van der Waals surface area contributed by atoms with Gasteiger partial charge in [-0.05, 0) is 32.4 Å². The number of ether oxygens (including phenoxy) is 1. The Balaban J connectivity index is 0.000000140. The topological polar surface area (TPSA) is 41.6 Å². The molecule has 1 unspecified atom stereocenters. The molecule has 0 spiro atoms. The van der Waals surface area contributed by atoms with Gasteiger partial charge >= 0.3 is 5.97 Å². The molecule has 4 heteroatoms. The third kappa shape index (κ3) is 4.96. The van der Waals surface area contributed by atoms with Crippen LogP contribution in [0.5, 0.6) is 0 Å². The predicted molar refractivity (Wildman–Crippen MR) is 59.6 cm³/mol. The summed E-state index contributed by atoms with van der Waals surface area (Å²) in [5.74, 6) is -0.0261. The summed E-state index contributed by atoms with van der Waals surface area (Å²) in [5.41, 5.74) is 0. The monoisotopic (exact) mass is 263 g/mol. The SMILES string of the molecule is BrC1CCNCC1.CCCC1OC1=O. The first-order valence-electron chi connectivity index (χ1n) is 5.29. The highest BCUT2D eigenvalue weighted by atomic mass is 79.9. The number of hydrogen-bond donors (Lipinski definition) is 1. The van der Waals surface area contributed by atoms with Gasteiger partial charge in [0.15, 0.2) is 6.10 Å². The van der Waals surface area contributed by atoms with E-state index in [1.165, 1.54) is 25.9 Å². The molecule has 82 valence electrons. The van der Waals surface area contributed by atoms with Crippen LogP contribution in [0.15, 0.2) is 0 Å². The van der Waals surface area contributed by atoms with Crippen molar-refractivity contribution in [3.63, 3.8) is 0 Å². The van der Waals surface area contributed by atoms with Crippen molar-refractivity contribution in [2.75, 3.05) is 13.1 Å². The first-order valence-corrected chi connectivity index (χ1v) is 6.21. The molecule has 1 N–H and O–H groups in total. The standard InChI is InChI=1S/C5H10BrN.C5H8O2/c6-5-1-3-7-4-2-5;1-2-3-4-5(6)7-4/h5,7H,1-4H2;4H,2-3H2,1H3. The van der Waals surface area contributed by atoms with E-state index in [9.17, 15) is 4.79 Å². The zero-order valence-corrected chi connectivity index (χ0v) is 10.2. The molecule has 0 aliphatic carbocycles. The Labute approximate surface area is 93.7 Å². The number of piperidine rings is 1. The van der Waals surface area contributed by atoms with Gasteiger partial charge in [0.05, 0.1) is 0 Å². The molecule has 2 rings (SSSR count). The molecule has 1 atom stereocenters. The molecule has 0 aromatic rings. The zero-order valence-electron chi connectivity index (χ0n) is 8.59. The van der Waals surface area contributed by atoms with Crippen molar-refractivity contribution in [3.8, 4) is 0 Å². The van der Waals surface area contributed by atoms with Crippen LogP contribution in [0.25, 0.3) is 0 Å². The normalized spacial score (nSPS) is 26.1. The average molecular weight is 264 g/mol. The van der Waals surface area contributed by atoms with E-state index in [-0.39, 0.29) is 12.1 Å². The van der Waals surface area contributed by atoms with E-state index in [1.54, 1.807) is 0 Å². The lowest BCUT2D eigenvalue weighted by Crippen LogP contribution is -2.27. The molecule has 0 aromatic heterocycles. The fourth-order valence-electron chi connectivity index (χ4n) is 1.33. The number of alkyl halides is 1. The maximum absolute atomic E-state index is 10.1. The predicted octanol–water partition coefficient (Wildman–Crippen LogP) is 1.85. The molecule has 14 heavy (non-hydrogen) atoms. The van der Waals surface area contributed by atoms with Gasteiger partial charge < -0.3 is 10.1 Å². The number of nitrogens with one attached hydrogen (secondary N) is 1. The van der Waals surface area contributed by atoms with Crippen LogP contribution in [0, 0.1) is 0 Å². The molecular formula is C10H18BrNO2. The van der Waals surface area contributed by atoms with Crippen molar-refractivity contribution >= 4 is 21.9 Å². The molecule has 0 aromatic carbocycles. The minimum absolute atomic E-state index is 0.0231. The summed E-state index contributed by atoms with van der Waals surface area (Å²) in [5, 5.41) is 3.29. The molecule has 2 aliphatic rings. The maximum Gasteiger partial charge on any atom is 0.348 e. The van der Waals surface area contributed by atoms with E-state index >= 15 is 0 Å². The van der Waals surface area contributed by atoms with Gasteiger partial charge in [-0.1, -0.05) is 29.3 Å². The Morgan fingerprint density at radius 3 is 2.29 bits per heavy atom. The number of carbonyl (C=O) groups excluding carboxylic acids is 1. The van der Waals surface area contributed by atoms with Gasteiger partial charge in [0.2, 0.25) is 0 Å². The summed E-state index contributed by atoms with van der Waals surface area (Å²) in [6.07, 6.45) is 4.50. The zero-order chi connectivity index (χ0) is 10.4. The number of rotatable bonds is 2. The van der Waals surface area contributed by atoms with Gasteiger partial charge in [-0.25, -0.2) is 4.79 Å². The Morgan fingerprint density at radius 1 is 1.50 bits per heavy atom. The van der Waals surface area contributed by atoms with E-state index in [2.05, 4.69) is 26.0 Å². The maximum atomic E-state index is 10.1. The lowest BCUT2D eigenvalue weighted by Gasteiger charge is -2.15. The fraction of sp³-hybridized carbons (Fsp3) is 0.900. The van der Waals surface area contributed by atoms with Crippen LogP contribution in [0.2, 0.25) is 0 Å². The van der Waals surface area contributed by atoms with Crippen molar-refractivity contribution in [2.45, 2.75) is 43.5 Å². The molecule has 0 bridgehead atoms. The number of epoxide rings is 1. The van der Waals surface area contributed by atoms with Gasteiger partial charge in [-0.15, -0.1) is 0 Å². The van der Waals surface area contributed by atoms with E-state index in [4.69, 9.17) is 0 Å². The summed E-state index contributed by atoms with van der Waals surface area (Å²) >= 11 is 3.55. The van der Waals surface area contributed by atoms with Gasteiger partial charge in [0.1, 0.15) is 0 Å². The van der Waals surface area contributed by atoms with Crippen LogP contribution in [-0.2, 0) is 9.53 Å². The number of hydrogen-bond acceptors (Lipinski definition) is 3. The van der Waals surface area contributed by atoms with Gasteiger partial charge in [-0.2, -0.15) is 0 Å². The average Bonchev–Trinajstić information content (AvgIpc) is 2.85. The Kier molecular flexibility index (Phi) is 5.48. The second kappa shape index (κ2) is 6.40. The fourth-order valence-corrected chi connectivity index (χ4v) is 1.79. The highest BCUT2D eigenvalue weighted by molar-refractivity contribution is 9.09. The van der Waals surface area contributed by atoms with Crippen LogP contribution in [0.1, 0.15) is 32.6 Å². The van der Waals surface area contributed by atoms with Crippen molar-refractivity contribution in [3.05, 3.63) is 0 Å². The van der Waals surface area contributed by atoms with Gasteiger partial charge in [0.25, 0.3) is 0 Å². The van der Waals surface area contributed by atoms with Crippen LogP contribution >= 0.6 is 15.9 Å². The molecule has 0 radical (unpaired) electrons. The molecule has 3 nitrogen and oxygen atoms in total. The van der Waals surface area contributed by atoms with Gasteiger partial charge in [0, 0.05) is 4.83 Å². The molecule has 2 aliphatic heterocycles. The molecule has 2 saturated heterocycles. The minimum Gasteiger partial charge on any atom is -0.448 e. The first-order chi connectivity index (χ1) is 6.74. The second-order valence-electron chi connectivity index (χ2n) is 3.64. The summed E-state index contributed by atoms with van der Waals surface area (Å²) in [6, 6.07) is 0. The highest BCUT2D eigenvalue weighted by Crippen LogP contribution is 2.16. The molecule has 0 amide bonds. The first kappa shape index (κ1) is 12.0. The molecule has 2 fully saturated rings. The van der Waals surface area contributed by atoms with E-state index in [1.807, 2.05) is 6.92 Å². The summed E-state index contributed by atoms with van der Waals surface area (Å²) in [7, 11) is 0. The Hall–Kier alpha value is -0.0900. The molecule has 2 heterocycles. The van der Waals surface area contributed by atoms with Crippen molar-refractivity contribution in [1.29, 1.82) is 0 Å². The second-order valence-corrected chi connectivity index (χ2v) is 4.93. The van der Waals surface area contributed by atoms with Crippen LogP contribution in [0.4, 0.5) is 0 Å². The van der Waals surface area contributed by atoms with Gasteiger partial charge in [-0.3, -0.25) is 0 Å². The van der Waals surface area contributed by atoms with Crippen molar-refractivity contribution in [1.82, 2.24) is 5.32 Å². The van der Waals surface area contributed by atoms with Crippen LogP contribution in [0.3, 0.4) is 0 Å². The third-order valence-corrected chi connectivity index (χ3v) is 3.20. The highest BCUT2D eigenvalue weighted by Gasteiger charge is 2.36. The number of halogens is 1. The summed E-state index contributed by atoms with van der Waals surface area (Å²) < 4.78 is 4.52. The van der Waals surface area contributed by atoms with Crippen molar-refractivity contribution < 1.29 is 9.53 Å². The van der Waals surface area contributed by atoms with E-state index < -0.39 is 0 Å². The molecular weight excluding hydrogens is 246 g/mol. The summed E-state index contributed by atoms with van der Waals surface area (Å²) in [6.45, 7) is 4.42. The Bertz CT molecular complexity index is 181. The quantitative estimate of drug-likeness (QED) is 0.611. The minimum atomic E-state index is -0.0261. The molecule has 0 saturated carbocycles. The lowest BCUT2D eigenvalue weighted by atomic mass is 10.2.